The summed E-state index contributed by atoms with van der Waals surface area (Å²) in [7, 11) is 0. The van der Waals surface area contributed by atoms with Gasteiger partial charge in [0, 0.05) is 47.8 Å². The predicted molar refractivity (Wildman–Crippen MR) is 170 cm³/mol. The number of imidazole rings is 1. The maximum atomic E-state index is 14.0. The summed E-state index contributed by atoms with van der Waals surface area (Å²) in [6.07, 6.45) is 3.65. The van der Waals surface area contributed by atoms with E-state index in [1.807, 2.05) is 52.4 Å². The molecule has 7 rings (SSSR count). The third kappa shape index (κ3) is 5.43. The van der Waals surface area contributed by atoms with Crippen LogP contribution in [0.4, 0.5) is 37.9 Å². The molecule has 3 N–H and O–H groups in total. The number of aromatic nitrogens is 4. The number of rotatable bonds is 7. The van der Waals surface area contributed by atoms with Gasteiger partial charge in [0.25, 0.3) is 0 Å². The molecule has 1 saturated heterocycles. The van der Waals surface area contributed by atoms with Gasteiger partial charge < -0.3 is 20.7 Å². The number of halogens is 1. The van der Waals surface area contributed by atoms with Crippen LogP contribution in [0, 0.1) is 5.82 Å². The van der Waals surface area contributed by atoms with Crippen LogP contribution in [0.25, 0.3) is 27.6 Å². The Balaban J connectivity index is 1.22. The molecule has 0 aliphatic carbocycles. The molecule has 0 atom stereocenters. The average molecular weight is 607 g/mol. The lowest BCUT2D eigenvalue weighted by molar-refractivity contribution is 0.122. The number of nitrogens with zero attached hydrogens (tertiary/aromatic N) is 6. The van der Waals surface area contributed by atoms with Crippen LogP contribution in [0.15, 0.2) is 96.6 Å². The van der Waals surface area contributed by atoms with E-state index >= 15 is 0 Å². The number of thiazole rings is 1. The van der Waals surface area contributed by atoms with E-state index in [0.717, 1.165) is 53.9 Å². The summed E-state index contributed by atoms with van der Waals surface area (Å²) >= 11 is 1.50. The van der Waals surface area contributed by atoms with Crippen LogP contribution in [0.1, 0.15) is 0 Å². The smallest absolute Gasteiger partial charge is 0.323 e. The normalized spacial score (nSPS) is 13.2. The molecule has 0 unspecified atom stereocenters. The van der Waals surface area contributed by atoms with Gasteiger partial charge in [-0.2, -0.15) is 0 Å². The topological polar surface area (TPSA) is 114 Å². The molecule has 4 heterocycles. The molecule has 6 aromatic rings. The van der Waals surface area contributed by atoms with Crippen molar-refractivity contribution in [1.29, 1.82) is 0 Å². The van der Waals surface area contributed by atoms with E-state index < -0.39 is 11.8 Å². The number of hydrogen-bond acceptors (Lipinski definition) is 8. The Hall–Kier alpha value is -5.33. The molecule has 2 amide bonds. The molecule has 3 aromatic heterocycles. The van der Waals surface area contributed by atoms with Crippen LogP contribution in [0.2, 0.25) is 0 Å². The number of amides is 2. The van der Waals surface area contributed by atoms with Crippen LogP contribution < -0.4 is 20.9 Å². The van der Waals surface area contributed by atoms with Gasteiger partial charge in [-0.3, -0.25) is 9.30 Å². The number of ether oxygens (including phenoxy) is 1. The van der Waals surface area contributed by atoms with Crippen molar-refractivity contribution in [3.05, 3.63) is 102 Å². The number of nitrogens with one attached hydrogen (secondary N) is 1. The lowest BCUT2D eigenvalue weighted by Crippen LogP contribution is -2.36. The zero-order valence-corrected chi connectivity index (χ0v) is 24.2. The Morgan fingerprint density at radius 3 is 2.52 bits per heavy atom. The van der Waals surface area contributed by atoms with Crippen LogP contribution in [0.3, 0.4) is 0 Å². The fourth-order valence-corrected chi connectivity index (χ4v) is 6.01. The van der Waals surface area contributed by atoms with Crippen LogP contribution in [0.5, 0.6) is 0 Å². The average Bonchev–Trinajstić information content (AvgIpc) is 3.64. The molecule has 12 heteroatoms. The minimum absolute atomic E-state index is 0.324. The standard InChI is InChI=1S/C32H27FN8O2S/c33-22-4-2-6-26(20-22)41(30(34)42)25-5-1-3-21(19-25)28-29(40-15-18-44-32(40)38-28)27-11-12-35-31(37-27)36-23-7-9-24(10-8-23)39-13-16-43-17-14-39/h1-12,15,18-20H,13-14,16-17H2,(H2,34,42)(H,35,36,37). The molecule has 44 heavy (non-hydrogen) atoms. The third-order valence-corrected chi connectivity index (χ3v) is 8.08. The van der Waals surface area contributed by atoms with E-state index in [0.29, 0.717) is 28.7 Å². The fraction of sp³-hybridized carbons (Fsp3) is 0.125. The number of hydrogen-bond donors (Lipinski definition) is 2. The van der Waals surface area contributed by atoms with Crippen LogP contribution in [-0.2, 0) is 4.74 Å². The van der Waals surface area contributed by atoms with E-state index in [4.69, 9.17) is 20.4 Å². The highest BCUT2D eigenvalue weighted by Gasteiger charge is 2.21. The minimum atomic E-state index is -0.733. The lowest BCUT2D eigenvalue weighted by atomic mass is 10.1. The summed E-state index contributed by atoms with van der Waals surface area (Å²) in [6.45, 7) is 3.21. The molecular formula is C32H27FN8O2S. The highest BCUT2D eigenvalue weighted by Crippen LogP contribution is 2.36. The molecule has 0 spiro atoms. The second-order valence-corrected chi connectivity index (χ2v) is 11.0. The van der Waals surface area contributed by atoms with Crippen molar-refractivity contribution < 1.29 is 13.9 Å². The maximum absolute atomic E-state index is 14.0. The Bertz CT molecular complexity index is 1950. The van der Waals surface area contributed by atoms with Crippen molar-refractivity contribution >= 4 is 51.0 Å². The second-order valence-electron chi connectivity index (χ2n) is 10.1. The van der Waals surface area contributed by atoms with Crippen molar-refractivity contribution in [3.63, 3.8) is 0 Å². The van der Waals surface area contributed by atoms with Gasteiger partial charge in [0.2, 0.25) is 5.95 Å². The molecule has 10 nitrogen and oxygen atoms in total. The predicted octanol–water partition coefficient (Wildman–Crippen LogP) is 6.46. The summed E-state index contributed by atoms with van der Waals surface area (Å²) in [5.41, 5.74) is 11.4. The Morgan fingerprint density at radius 2 is 1.75 bits per heavy atom. The number of anilines is 5. The highest BCUT2D eigenvalue weighted by atomic mass is 32.1. The molecule has 0 radical (unpaired) electrons. The number of nitrogens with two attached hydrogens (primary N) is 1. The number of fused-ring (bicyclic) bond motifs is 1. The first kappa shape index (κ1) is 27.5. The number of carbonyl (C=O) groups is 1. The molecule has 0 saturated carbocycles. The fourth-order valence-electron chi connectivity index (χ4n) is 5.30. The van der Waals surface area contributed by atoms with E-state index in [1.165, 1.54) is 34.4 Å². The summed E-state index contributed by atoms with van der Waals surface area (Å²) in [4.78, 5) is 31.1. The maximum Gasteiger partial charge on any atom is 0.323 e. The Kier molecular flexibility index (Phi) is 7.34. The van der Waals surface area contributed by atoms with Crippen molar-refractivity contribution in [3.8, 4) is 22.6 Å². The van der Waals surface area contributed by atoms with E-state index in [2.05, 4.69) is 27.3 Å². The number of morpholine rings is 1. The van der Waals surface area contributed by atoms with Gasteiger partial charge >= 0.3 is 6.03 Å². The quantitative estimate of drug-likeness (QED) is 0.215. The van der Waals surface area contributed by atoms with E-state index in [-0.39, 0.29) is 0 Å². The van der Waals surface area contributed by atoms with Gasteiger partial charge in [-0.25, -0.2) is 24.1 Å². The van der Waals surface area contributed by atoms with Gasteiger partial charge in [-0.05, 0) is 60.7 Å². The zero-order chi connectivity index (χ0) is 30.0. The van der Waals surface area contributed by atoms with Gasteiger partial charge in [-0.1, -0.05) is 18.2 Å². The Morgan fingerprint density at radius 1 is 0.977 bits per heavy atom. The number of carbonyl (C=O) groups excluding carboxylic acids is 1. The summed E-state index contributed by atoms with van der Waals surface area (Å²) in [6, 6.07) is 22.3. The monoisotopic (exact) mass is 606 g/mol. The molecule has 1 aliphatic heterocycles. The third-order valence-electron chi connectivity index (χ3n) is 7.32. The van der Waals surface area contributed by atoms with Crippen molar-refractivity contribution in [2.24, 2.45) is 5.73 Å². The molecule has 3 aromatic carbocycles. The largest absolute Gasteiger partial charge is 0.378 e. The first-order chi connectivity index (χ1) is 21.5. The van der Waals surface area contributed by atoms with E-state index in [1.54, 1.807) is 18.3 Å². The molecule has 1 fully saturated rings. The van der Waals surface area contributed by atoms with Gasteiger partial charge in [-0.15, -0.1) is 11.3 Å². The summed E-state index contributed by atoms with van der Waals surface area (Å²) < 4.78 is 21.5. The number of primary amides is 1. The first-order valence-electron chi connectivity index (χ1n) is 14.0. The molecular weight excluding hydrogens is 579 g/mol. The van der Waals surface area contributed by atoms with Gasteiger partial charge in [0.05, 0.1) is 36.0 Å². The second kappa shape index (κ2) is 11.7. The minimum Gasteiger partial charge on any atom is -0.378 e. The highest BCUT2D eigenvalue weighted by molar-refractivity contribution is 7.15. The van der Waals surface area contributed by atoms with Crippen molar-refractivity contribution in [1.82, 2.24) is 19.4 Å². The summed E-state index contributed by atoms with van der Waals surface area (Å²) in [5.74, 6) is -0.0275. The Labute approximate surface area is 256 Å². The first-order valence-corrected chi connectivity index (χ1v) is 14.9. The van der Waals surface area contributed by atoms with Crippen LogP contribution >= 0.6 is 11.3 Å². The molecule has 220 valence electrons. The van der Waals surface area contributed by atoms with Crippen LogP contribution in [-0.4, -0.2) is 51.7 Å². The van der Waals surface area contributed by atoms with Crippen molar-refractivity contribution in [2.45, 2.75) is 0 Å². The molecule has 0 bridgehead atoms. The number of urea groups is 1. The number of benzene rings is 3. The van der Waals surface area contributed by atoms with Gasteiger partial charge in [0.1, 0.15) is 11.5 Å². The van der Waals surface area contributed by atoms with E-state index in [9.17, 15) is 9.18 Å². The lowest BCUT2D eigenvalue weighted by Gasteiger charge is -2.28. The summed E-state index contributed by atoms with van der Waals surface area (Å²) in [5, 5.41) is 5.28. The molecule has 1 aliphatic rings. The SMILES string of the molecule is NC(=O)N(c1cccc(F)c1)c1cccc(-c2nc3sccn3c2-c2ccnc(Nc3ccc(N4CCOCC4)cc3)n2)c1. The van der Waals surface area contributed by atoms with Gasteiger partial charge in [0.15, 0.2) is 4.96 Å². The van der Waals surface area contributed by atoms with Crippen molar-refractivity contribution in [2.75, 3.05) is 41.4 Å². The zero-order valence-electron chi connectivity index (χ0n) is 23.4.